The van der Waals surface area contributed by atoms with Crippen molar-refractivity contribution in [2.24, 2.45) is 0 Å². The zero-order valence-electron chi connectivity index (χ0n) is 38.5. The highest BCUT2D eigenvalue weighted by Crippen LogP contribution is 2.40. The minimum Gasteiger partial charge on any atom is -0.491 e. The number of morpholine rings is 1. The number of thiazole rings is 1. The lowest BCUT2D eigenvalue weighted by Crippen LogP contribution is -2.38. The molecule has 0 bridgehead atoms. The number of aromatic nitrogens is 5. The maximum Gasteiger partial charge on any atom is 0.183 e. The van der Waals surface area contributed by atoms with Gasteiger partial charge in [-0.15, -0.1) is 16.4 Å². The molecular formula is C48H67ClN8O6S. The molecule has 6 aromatic rings. The number of ether oxygens (including phenoxy) is 6. The van der Waals surface area contributed by atoms with E-state index in [1.807, 2.05) is 102 Å². The van der Waals surface area contributed by atoms with Gasteiger partial charge in [0.25, 0.3) is 0 Å². The highest BCUT2D eigenvalue weighted by Gasteiger charge is 2.21. The SMILES string of the molecule is C.CC(C)Nc1nc(-c2cc(OC(C)(C)C)c3ccc(OCCN4CCOCC4)c(Cl)c3n2)cs1.COCCOc1ccc2c(OC(C)(C)C)cc(-n3ccc(NC(C)C)n3)nc2c1. The predicted molar refractivity (Wildman–Crippen MR) is 262 cm³/mol. The molecule has 7 rings (SSSR count). The molecule has 5 heterocycles. The highest BCUT2D eigenvalue weighted by molar-refractivity contribution is 7.14. The fourth-order valence-corrected chi connectivity index (χ4v) is 7.64. The number of anilines is 2. The molecular weight excluding hydrogens is 852 g/mol. The summed E-state index contributed by atoms with van der Waals surface area (Å²) in [6.45, 7) is 26.3. The van der Waals surface area contributed by atoms with Gasteiger partial charge in [0, 0.05) is 85.4 Å². The number of rotatable bonds is 16. The Hall–Kier alpha value is -4.93. The lowest BCUT2D eigenvalue weighted by Gasteiger charge is -2.26. The van der Waals surface area contributed by atoms with Crippen LogP contribution in [-0.2, 0) is 9.47 Å². The van der Waals surface area contributed by atoms with Gasteiger partial charge in [-0.2, -0.15) is 0 Å². The maximum atomic E-state index is 6.83. The van der Waals surface area contributed by atoms with Crippen molar-refractivity contribution in [2.75, 3.05) is 70.4 Å². The van der Waals surface area contributed by atoms with Crippen LogP contribution in [0.3, 0.4) is 0 Å². The van der Waals surface area contributed by atoms with E-state index in [0.29, 0.717) is 59.7 Å². The number of benzene rings is 2. The zero-order chi connectivity index (χ0) is 45.3. The largest absolute Gasteiger partial charge is 0.491 e. The summed E-state index contributed by atoms with van der Waals surface area (Å²) in [5.74, 6) is 4.33. The maximum absolute atomic E-state index is 6.83. The molecule has 0 radical (unpaired) electrons. The Morgan fingerprint density at radius 1 is 0.766 bits per heavy atom. The number of halogens is 1. The van der Waals surface area contributed by atoms with Crippen molar-refractivity contribution in [3.63, 3.8) is 0 Å². The first kappa shape index (κ1) is 50.1. The molecule has 14 nitrogen and oxygen atoms in total. The summed E-state index contributed by atoms with van der Waals surface area (Å²) in [4.78, 5) is 16.7. The number of pyridine rings is 2. The molecule has 2 N–H and O–H groups in total. The third-order valence-electron chi connectivity index (χ3n) is 9.17. The van der Waals surface area contributed by atoms with E-state index in [0.717, 1.165) is 83.0 Å². The second-order valence-corrected chi connectivity index (χ2v) is 19.0. The Morgan fingerprint density at radius 2 is 1.45 bits per heavy atom. The minimum atomic E-state index is -0.377. The van der Waals surface area contributed by atoms with Crippen LogP contribution in [0.5, 0.6) is 23.0 Å². The van der Waals surface area contributed by atoms with Gasteiger partial charge in [0.2, 0.25) is 0 Å². The minimum absolute atomic E-state index is 0. The molecule has 0 unspecified atom stereocenters. The number of hydrogen-bond acceptors (Lipinski definition) is 14. The number of nitrogens with zero attached hydrogens (tertiary/aromatic N) is 6. The van der Waals surface area contributed by atoms with Crippen LogP contribution in [0, 0.1) is 0 Å². The molecule has 1 fully saturated rings. The molecule has 64 heavy (non-hydrogen) atoms. The molecule has 2 aromatic carbocycles. The Labute approximate surface area is 387 Å². The summed E-state index contributed by atoms with van der Waals surface area (Å²) < 4.78 is 36.6. The van der Waals surface area contributed by atoms with Gasteiger partial charge in [0.05, 0.1) is 36.5 Å². The lowest BCUT2D eigenvalue weighted by molar-refractivity contribution is 0.0322. The molecule has 0 aliphatic carbocycles. The van der Waals surface area contributed by atoms with E-state index in [1.54, 1.807) is 23.1 Å². The number of fused-ring (bicyclic) bond motifs is 2. The molecule has 4 aromatic heterocycles. The van der Waals surface area contributed by atoms with E-state index in [1.165, 1.54) is 0 Å². The molecule has 0 spiro atoms. The second-order valence-electron chi connectivity index (χ2n) is 17.8. The first-order valence-corrected chi connectivity index (χ1v) is 22.8. The summed E-state index contributed by atoms with van der Waals surface area (Å²) in [6, 6.07) is 16.1. The summed E-state index contributed by atoms with van der Waals surface area (Å²) in [7, 11) is 1.65. The van der Waals surface area contributed by atoms with E-state index >= 15 is 0 Å². The molecule has 0 amide bonds. The zero-order valence-corrected chi connectivity index (χ0v) is 40.1. The van der Waals surface area contributed by atoms with E-state index < -0.39 is 0 Å². The van der Waals surface area contributed by atoms with E-state index in [2.05, 4.69) is 48.3 Å². The van der Waals surface area contributed by atoms with E-state index in [4.69, 9.17) is 55.0 Å². The molecule has 0 saturated carbocycles. The van der Waals surface area contributed by atoms with Crippen LogP contribution >= 0.6 is 22.9 Å². The topological polar surface area (TPSA) is 139 Å². The molecule has 1 aliphatic rings. The molecule has 348 valence electrons. The van der Waals surface area contributed by atoms with Gasteiger partial charge in [0.1, 0.15) is 63.9 Å². The normalized spacial score (nSPS) is 13.4. The number of methoxy groups -OCH3 is 1. The van der Waals surface area contributed by atoms with Crippen molar-refractivity contribution in [3.05, 3.63) is 65.1 Å². The van der Waals surface area contributed by atoms with Crippen molar-refractivity contribution < 1.29 is 28.4 Å². The summed E-state index contributed by atoms with van der Waals surface area (Å²) in [5.41, 5.74) is 2.21. The Bertz CT molecular complexity index is 2420. The van der Waals surface area contributed by atoms with Gasteiger partial charge in [-0.05, 0) is 93.5 Å². The van der Waals surface area contributed by atoms with Crippen LogP contribution in [0.25, 0.3) is 39.0 Å². The van der Waals surface area contributed by atoms with Crippen molar-refractivity contribution in [1.82, 2.24) is 29.6 Å². The van der Waals surface area contributed by atoms with Gasteiger partial charge < -0.3 is 39.1 Å². The van der Waals surface area contributed by atoms with Gasteiger partial charge in [-0.3, -0.25) is 4.90 Å². The first-order valence-electron chi connectivity index (χ1n) is 21.5. The van der Waals surface area contributed by atoms with Crippen molar-refractivity contribution in [3.8, 4) is 40.2 Å². The van der Waals surface area contributed by atoms with Crippen molar-refractivity contribution in [2.45, 2.75) is 99.9 Å². The molecule has 1 aliphatic heterocycles. The lowest BCUT2D eigenvalue weighted by atomic mass is 10.1. The van der Waals surface area contributed by atoms with Crippen LogP contribution in [0.4, 0.5) is 10.9 Å². The van der Waals surface area contributed by atoms with E-state index in [9.17, 15) is 0 Å². The summed E-state index contributed by atoms with van der Waals surface area (Å²) >= 11 is 8.39. The van der Waals surface area contributed by atoms with Crippen LogP contribution in [0.1, 0.15) is 76.7 Å². The third-order valence-corrected chi connectivity index (χ3v) is 10.3. The van der Waals surface area contributed by atoms with Gasteiger partial charge in [-0.25, -0.2) is 19.6 Å². The fraction of sp³-hybridized carbons (Fsp3) is 0.500. The average molecular weight is 920 g/mol. The average Bonchev–Trinajstić information content (AvgIpc) is 3.88. The van der Waals surface area contributed by atoms with Gasteiger partial charge >= 0.3 is 0 Å². The molecule has 1 saturated heterocycles. The third kappa shape index (κ3) is 14.3. The number of nitrogens with one attached hydrogen (secondary N) is 2. The van der Waals surface area contributed by atoms with Crippen molar-refractivity contribution >= 4 is 55.7 Å². The van der Waals surface area contributed by atoms with Crippen LogP contribution in [0.2, 0.25) is 5.02 Å². The van der Waals surface area contributed by atoms with Gasteiger partial charge in [0.15, 0.2) is 10.9 Å². The quantitative estimate of drug-likeness (QED) is 0.0891. The summed E-state index contributed by atoms with van der Waals surface area (Å²) in [6.07, 6.45) is 1.89. The Kier molecular flexibility index (Phi) is 17.5. The van der Waals surface area contributed by atoms with Crippen molar-refractivity contribution in [1.29, 1.82) is 0 Å². The molecule has 16 heteroatoms. The Balaban J connectivity index is 0.000000240. The predicted octanol–water partition coefficient (Wildman–Crippen LogP) is 10.8. The highest BCUT2D eigenvalue weighted by atomic mass is 35.5. The number of hydrogen-bond donors (Lipinski definition) is 2. The van der Waals surface area contributed by atoms with Crippen LogP contribution in [0.15, 0.2) is 60.1 Å². The van der Waals surface area contributed by atoms with E-state index in [-0.39, 0.29) is 18.6 Å². The summed E-state index contributed by atoms with van der Waals surface area (Å²) in [5, 5.41) is 16.3. The monoisotopic (exact) mass is 918 g/mol. The Morgan fingerprint density at radius 3 is 2.12 bits per heavy atom. The van der Waals surface area contributed by atoms with Gasteiger partial charge in [-0.1, -0.05) is 19.0 Å². The van der Waals surface area contributed by atoms with Crippen LogP contribution in [-0.4, -0.2) is 113 Å². The molecule has 0 atom stereocenters. The standard InChI is InChI=1S/C25H33ClN4O3S.C22H30N4O3.CH4/c1-16(2)27-24-29-19(15-34-24)18-14-21(33-25(3,4)5)17-6-7-20(22(26)23(17)28-18)32-13-10-30-8-11-31-12-9-30;1-15(2)23-20-9-10-26(25-20)21-14-19(29-22(3,4)5)17-8-7-16(13-18(17)24-21)28-12-11-27-6;/h6-7,14-16H,8-13H2,1-5H3,(H,27,29);7-10,13-15H,11-12H2,1-6H3,(H,23,25);1H4. The van der Waals surface area contributed by atoms with Crippen LogP contribution < -0.4 is 29.6 Å². The second kappa shape index (κ2) is 22.3. The smallest absolute Gasteiger partial charge is 0.183 e. The fourth-order valence-electron chi connectivity index (χ4n) is 6.53. The first-order chi connectivity index (χ1) is 29.9.